The molecular weight excluding hydrogens is 448 g/mol. The lowest BCUT2D eigenvalue weighted by molar-refractivity contribution is -0.200. The van der Waals surface area contributed by atoms with Crippen LogP contribution in [0.25, 0.3) is 0 Å². The number of esters is 1. The number of hydrogen-bond donors (Lipinski definition) is 1. The van der Waals surface area contributed by atoms with E-state index in [0.717, 1.165) is 51.4 Å². The van der Waals surface area contributed by atoms with E-state index in [2.05, 4.69) is 54.5 Å². The third-order valence-electron chi connectivity index (χ3n) is 13.0. The molecule has 0 spiro atoms. The van der Waals surface area contributed by atoms with Gasteiger partial charge in [0.05, 0.1) is 5.41 Å². The van der Waals surface area contributed by atoms with Gasteiger partial charge in [-0.1, -0.05) is 60.1 Å². The van der Waals surface area contributed by atoms with E-state index >= 15 is 0 Å². The summed E-state index contributed by atoms with van der Waals surface area (Å²) in [5.74, 6) is 0.616. The fourth-order valence-corrected chi connectivity index (χ4v) is 11.3. The van der Waals surface area contributed by atoms with E-state index in [1.54, 1.807) is 12.5 Å². The first-order valence-corrected chi connectivity index (χ1v) is 14.6. The van der Waals surface area contributed by atoms with Crippen molar-refractivity contribution in [1.82, 2.24) is 0 Å². The predicted molar refractivity (Wildman–Crippen MR) is 142 cm³/mol. The van der Waals surface area contributed by atoms with Crippen molar-refractivity contribution in [2.45, 2.75) is 126 Å². The minimum Gasteiger partial charge on any atom is -0.481 e. The maximum atomic E-state index is 12.9. The van der Waals surface area contributed by atoms with Crippen molar-refractivity contribution < 1.29 is 19.4 Å². The van der Waals surface area contributed by atoms with Gasteiger partial charge < -0.3 is 9.84 Å². The smallest absolute Gasteiger partial charge is 0.310 e. The molecule has 0 heterocycles. The van der Waals surface area contributed by atoms with Gasteiger partial charge in [0.15, 0.2) is 0 Å². The summed E-state index contributed by atoms with van der Waals surface area (Å²) >= 11 is 0. The number of carbonyl (C=O) groups excluding carboxylic acids is 1. The van der Waals surface area contributed by atoms with Crippen LogP contribution in [0.1, 0.15) is 120 Å². The minimum absolute atomic E-state index is 0.000775. The molecule has 4 fully saturated rings. The molecule has 0 radical (unpaired) electrons. The van der Waals surface area contributed by atoms with Crippen LogP contribution < -0.4 is 0 Å². The van der Waals surface area contributed by atoms with E-state index in [1.807, 2.05) is 0 Å². The third-order valence-corrected chi connectivity index (χ3v) is 13.0. The number of fused-ring (bicyclic) bond motifs is 7. The number of aliphatic carboxylic acids is 1. The van der Waals surface area contributed by atoms with Crippen molar-refractivity contribution in [2.24, 2.45) is 50.2 Å². The van der Waals surface area contributed by atoms with Crippen LogP contribution in [0.2, 0.25) is 0 Å². The first kappa shape index (κ1) is 26.3. The highest BCUT2D eigenvalue weighted by molar-refractivity contribution is 5.76. The summed E-state index contributed by atoms with van der Waals surface area (Å²) in [6, 6.07) is 0. The maximum absolute atomic E-state index is 12.9. The minimum atomic E-state index is -0.595. The van der Waals surface area contributed by atoms with Gasteiger partial charge in [-0.25, -0.2) is 0 Å². The van der Waals surface area contributed by atoms with E-state index < -0.39 is 11.4 Å². The number of allylic oxidation sites excluding steroid dienone is 2. The molecule has 5 aliphatic rings. The lowest BCUT2D eigenvalue weighted by atomic mass is 9.34. The number of ether oxygens (including phenoxy) is 1. The monoisotopic (exact) mass is 498 g/mol. The molecule has 0 aromatic heterocycles. The summed E-state index contributed by atoms with van der Waals surface area (Å²) in [5, 5.41) is 10.6. The first-order chi connectivity index (χ1) is 16.5. The highest BCUT2D eigenvalue weighted by Gasteiger charge is 2.68. The standard InChI is InChI=1S/C32H50O4/c1-20(33)36-25-12-15-29(6)21(28(25,4)5)9-13-30(7)22(29)10-14-31(8)23(30)11-16-32(26(34)35)18-17-27(2,3)19-24(31)32/h11,21-22,24-25H,9-10,12-19H2,1-8H3,(H,34,35)/t21-,22+,24+,25+,29-,30+,31-,32+/m1/s1. The van der Waals surface area contributed by atoms with Crippen molar-refractivity contribution >= 4 is 11.9 Å². The number of rotatable bonds is 2. The van der Waals surface area contributed by atoms with Crippen LogP contribution >= 0.6 is 0 Å². The Balaban J connectivity index is 1.54. The lowest BCUT2D eigenvalue weighted by Crippen LogP contribution is -2.64. The van der Waals surface area contributed by atoms with Crippen molar-refractivity contribution in [1.29, 1.82) is 0 Å². The Labute approximate surface area is 219 Å². The topological polar surface area (TPSA) is 63.6 Å². The molecule has 0 saturated heterocycles. The van der Waals surface area contributed by atoms with Crippen LogP contribution in [-0.4, -0.2) is 23.1 Å². The summed E-state index contributed by atoms with van der Waals surface area (Å²) in [6.07, 6.45) is 12.6. The quantitative estimate of drug-likeness (QED) is 0.311. The molecule has 4 heteroatoms. The summed E-state index contributed by atoms with van der Waals surface area (Å²) in [7, 11) is 0. The number of carbonyl (C=O) groups is 2. The SMILES string of the molecule is CC(=O)O[C@H]1CC[C@]2(C)[C@H](CC[C@]3(C)C4=CC[C@]5(C(=O)O)CCC(C)(C)C[C@H]5[C@]4(C)CC[C@@H]23)C1(C)C. The Kier molecular flexibility index (Phi) is 5.74. The van der Waals surface area contributed by atoms with E-state index in [1.165, 1.54) is 6.42 Å². The van der Waals surface area contributed by atoms with Crippen molar-refractivity contribution in [3.05, 3.63) is 11.6 Å². The Morgan fingerprint density at radius 1 is 0.833 bits per heavy atom. The van der Waals surface area contributed by atoms with Gasteiger partial charge in [0.1, 0.15) is 6.10 Å². The van der Waals surface area contributed by atoms with E-state index in [-0.39, 0.29) is 45.1 Å². The normalized spacial score (nSPS) is 48.8. The van der Waals surface area contributed by atoms with Crippen molar-refractivity contribution in [2.75, 3.05) is 0 Å². The van der Waals surface area contributed by atoms with Crippen LogP contribution in [0.4, 0.5) is 0 Å². The van der Waals surface area contributed by atoms with Crippen molar-refractivity contribution in [3.8, 4) is 0 Å². The highest BCUT2D eigenvalue weighted by atomic mass is 16.5. The van der Waals surface area contributed by atoms with Gasteiger partial charge in [0.25, 0.3) is 0 Å². The maximum Gasteiger partial charge on any atom is 0.310 e. The Hall–Kier alpha value is -1.32. The Bertz CT molecular complexity index is 992. The zero-order chi connectivity index (χ0) is 26.5. The number of carboxylic acid groups (broad SMARTS) is 1. The van der Waals surface area contributed by atoms with Gasteiger partial charge in [-0.15, -0.1) is 0 Å². The lowest BCUT2D eigenvalue weighted by Gasteiger charge is -2.70. The summed E-state index contributed by atoms with van der Waals surface area (Å²) in [4.78, 5) is 24.7. The Morgan fingerprint density at radius 3 is 2.06 bits per heavy atom. The average Bonchev–Trinajstić information content (AvgIpc) is 2.75. The molecule has 202 valence electrons. The fraction of sp³-hybridized carbons (Fsp3) is 0.875. The van der Waals surface area contributed by atoms with Crippen LogP contribution in [0.15, 0.2) is 11.6 Å². The third kappa shape index (κ3) is 3.37. The zero-order valence-corrected chi connectivity index (χ0v) is 24.1. The first-order valence-electron chi connectivity index (χ1n) is 14.6. The molecular formula is C32H50O4. The summed E-state index contributed by atoms with van der Waals surface area (Å²) < 4.78 is 5.87. The Morgan fingerprint density at radius 2 is 1.44 bits per heavy atom. The predicted octanol–water partition coefficient (Wildman–Crippen LogP) is 7.80. The average molecular weight is 499 g/mol. The molecule has 0 unspecified atom stereocenters. The summed E-state index contributed by atoms with van der Waals surface area (Å²) in [6.45, 7) is 18.4. The molecule has 4 saturated carbocycles. The molecule has 1 N–H and O–H groups in total. The van der Waals surface area contributed by atoms with Gasteiger partial charge in [0.2, 0.25) is 0 Å². The van der Waals surface area contributed by atoms with Gasteiger partial charge in [-0.2, -0.15) is 0 Å². The molecule has 5 rings (SSSR count). The molecule has 0 aromatic carbocycles. The molecule has 4 nitrogen and oxygen atoms in total. The van der Waals surface area contributed by atoms with Crippen LogP contribution in [0.5, 0.6) is 0 Å². The molecule has 0 aliphatic heterocycles. The van der Waals surface area contributed by atoms with Gasteiger partial charge in [-0.05, 0) is 104 Å². The van der Waals surface area contributed by atoms with E-state index in [4.69, 9.17) is 4.74 Å². The molecule has 0 aromatic rings. The van der Waals surface area contributed by atoms with Crippen molar-refractivity contribution in [3.63, 3.8) is 0 Å². The van der Waals surface area contributed by atoms with Crippen LogP contribution in [0, 0.1) is 50.2 Å². The number of hydrogen-bond acceptors (Lipinski definition) is 3. The van der Waals surface area contributed by atoms with Crippen LogP contribution in [-0.2, 0) is 14.3 Å². The fourth-order valence-electron chi connectivity index (χ4n) is 11.3. The van der Waals surface area contributed by atoms with E-state index in [9.17, 15) is 14.7 Å². The highest BCUT2D eigenvalue weighted by Crippen LogP contribution is 2.75. The molecule has 0 bridgehead atoms. The number of carboxylic acids is 1. The molecule has 5 aliphatic carbocycles. The van der Waals surface area contributed by atoms with Gasteiger partial charge in [0, 0.05) is 12.3 Å². The second-order valence-electron chi connectivity index (χ2n) is 15.7. The van der Waals surface area contributed by atoms with E-state index in [0.29, 0.717) is 18.3 Å². The van der Waals surface area contributed by atoms with Crippen LogP contribution in [0.3, 0.4) is 0 Å². The van der Waals surface area contributed by atoms with Gasteiger partial charge >= 0.3 is 11.9 Å². The zero-order valence-electron chi connectivity index (χ0n) is 24.1. The molecule has 0 amide bonds. The summed E-state index contributed by atoms with van der Waals surface area (Å²) in [5.41, 5.74) is 1.47. The molecule has 8 atom stereocenters. The van der Waals surface area contributed by atoms with Gasteiger partial charge in [-0.3, -0.25) is 9.59 Å². The largest absolute Gasteiger partial charge is 0.481 e. The second-order valence-corrected chi connectivity index (χ2v) is 15.7. The second kappa shape index (κ2) is 7.85. The molecule has 36 heavy (non-hydrogen) atoms.